The molecule has 0 saturated carbocycles. The van der Waals surface area contributed by atoms with Crippen molar-refractivity contribution in [2.75, 3.05) is 13.2 Å². The highest BCUT2D eigenvalue weighted by Gasteiger charge is 2.47. The van der Waals surface area contributed by atoms with Gasteiger partial charge in [-0.25, -0.2) is 4.79 Å². The minimum absolute atomic E-state index is 0.132. The molecule has 2 N–H and O–H groups in total. The first-order chi connectivity index (χ1) is 8.99. The number of ether oxygens (including phenoxy) is 1. The number of esters is 1. The molecule has 104 valence electrons. The highest BCUT2D eigenvalue weighted by Crippen LogP contribution is 2.53. The van der Waals surface area contributed by atoms with E-state index < -0.39 is 0 Å². The van der Waals surface area contributed by atoms with Crippen LogP contribution in [0.2, 0.25) is 0 Å². The standard InChI is InChI=1S/C15H20O4/c1-8-3-12-13(11(6-16)14(18)19-12)10-5-15(2,7-17)4-9(8)10/h8,12,16-17H,3-7H2,1-2H3/t8-,12+,15-/m0/s1. The second-order valence-electron chi connectivity index (χ2n) is 6.41. The first-order valence-corrected chi connectivity index (χ1v) is 6.87. The number of carbonyl (C=O) groups excluding carboxylic acids is 1. The maximum absolute atomic E-state index is 11.8. The minimum atomic E-state index is -0.374. The van der Waals surface area contributed by atoms with Crippen LogP contribution in [0.25, 0.3) is 0 Å². The van der Waals surface area contributed by atoms with Gasteiger partial charge in [0.1, 0.15) is 6.10 Å². The van der Waals surface area contributed by atoms with Gasteiger partial charge < -0.3 is 14.9 Å². The average Bonchev–Trinajstić information content (AvgIpc) is 2.87. The molecule has 0 amide bonds. The van der Waals surface area contributed by atoms with E-state index in [0.717, 1.165) is 30.4 Å². The predicted molar refractivity (Wildman–Crippen MR) is 69.2 cm³/mol. The largest absolute Gasteiger partial charge is 0.454 e. The Hall–Kier alpha value is -1.13. The van der Waals surface area contributed by atoms with Crippen molar-refractivity contribution in [2.45, 2.75) is 39.2 Å². The summed E-state index contributed by atoms with van der Waals surface area (Å²) in [7, 11) is 0. The fraction of sp³-hybridized carbons (Fsp3) is 0.667. The number of carbonyl (C=O) groups is 1. The fourth-order valence-corrected chi connectivity index (χ4v) is 3.74. The highest BCUT2D eigenvalue weighted by molar-refractivity contribution is 5.94. The topological polar surface area (TPSA) is 66.8 Å². The van der Waals surface area contributed by atoms with Crippen molar-refractivity contribution in [3.63, 3.8) is 0 Å². The van der Waals surface area contributed by atoms with E-state index in [9.17, 15) is 15.0 Å². The Morgan fingerprint density at radius 1 is 1.37 bits per heavy atom. The molecule has 4 heteroatoms. The molecule has 2 aliphatic carbocycles. The summed E-state index contributed by atoms with van der Waals surface area (Å²) in [5.41, 5.74) is 3.71. The van der Waals surface area contributed by atoms with Gasteiger partial charge in [0.15, 0.2) is 0 Å². The van der Waals surface area contributed by atoms with Crippen LogP contribution >= 0.6 is 0 Å². The zero-order chi connectivity index (χ0) is 13.8. The summed E-state index contributed by atoms with van der Waals surface area (Å²) < 4.78 is 5.38. The summed E-state index contributed by atoms with van der Waals surface area (Å²) in [5.74, 6) is 0.00372. The Morgan fingerprint density at radius 2 is 2.11 bits per heavy atom. The van der Waals surface area contributed by atoms with E-state index in [4.69, 9.17) is 4.74 Å². The van der Waals surface area contributed by atoms with Gasteiger partial charge in [-0.15, -0.1) is 0 Å². The second-order valence-corrected chi connectivity index (χ2v) is 6.41. The van der Waals surface area contributed by atoms with E-state index >= 15 is 0 Å². The van der Waals surface area contributed by atoms with Gasteiger partial charge in [-0.3, -0.25) is 0 Å². The van der Waals surface area contributed by atoms with E-state index in [1.807, 2.05) is 0 Å². The lowest BCUT2D eigenvalue weighted by atomic mass is 9.79. The Labute approximate surface area is 112 Å². The van der Waals surface area contributed by atoms with Gasteiger partial charge in [0.2, 0.25) is 0 Å². The molecule has 19 heavy (non-hydrogen) atoms. The highest BCUT2D eigenvalue weighted by atomic mass is 16.5. The number of rotatable bonds is 2. The summed E-state index contributed by atoms with van der Waals surface area (Å²) in [6.07, 6.45) is 2.26. The van der Waals surface area contributed by atoms with Crippen molar-refractivity contribution >= 4 is 5.97 Å². The molecule has 0 spiro atoms. The van der Waals surface area contributed by atoms with Crippen molar-refractivity contribution in [1.29, 1.82) is 0 Å². The van der Waals surface area contributed by atoms with Gasteiger partial charge in [-0.05, 0) is 36.2 Å². The Morgan fingerprint density at radius 3 is 2.74 bits per heavy atom. The smallest absolute Gasteiger partial charge is 0.337 e. The zero-order valence-electron chi connectivity index (χ0n) is 11.4. The van der Waals surface area contributed by atoms with E-state index in [1.54, 1.807) is 0 Å². The van der Waals surface area contributed by atoms with Gasteiger partial charge in [-0.2, -0.15) is 0 Å². The van der Waals surface area contributed by atoms with Crippen molar-refractivity contribution in [3.8, 4) is 0 Å². The lowest BCUT2D eigenvalue weighted by Crippen LogP contribution is -2.22. The Balaban J connectivity index is 2.08. The van der Waals surface area contributed by atoms with Gasteiger partial charge >= 0.3 is 5.97 Å². The molecule has 4 nitrogen and oxygen atoms in total. The second kappa shape index (κ2) is 4.18. The van der Waals surface area contributed by atoms with E-state index in [0.29, 0.717) is 11.5 Å². The quantitative estimate of drug-likeness (QED) is 0.738. The summed E-state index contributed by atoms with van der Waals surface area (Å²) in [4.78, 5) is 11.8. The van der Waals surface area contributed by atoms with Crippen LogP contribution in [0, 0.1) is 11.3 Å². The van der Waals surface area contributed by atoms with Crippen molar-refractivity contribution in [2.24, 2.45) is 11.3 Å². The molecule has 0 bridgehead atoms. The normalized spacial score (nSPS) is 37.6. The lowest BCUT2D eigenvalue weighted by molar-refractivity contribution is -0.140. The first-order valence-electron chi connectivity index (χ1n) is 6.87. The third-order valence-corrected chi connectivity index (χ3v) is 4.78. The molecule has 0 fully saturated rings. The molecule has 3 aliphatic rings. The van der Waals surface area contributed by atoms with Crippen LogP contribution in [0.4, 0.5) is 0 Å². The molecule has 0 unspecified atom stereocenters. The molecule has 0 saturated heterocycles. The monoisotopic (exact) mass is 264 g/mol. The zero-order valence-corrected chi connectivity index (χ0v) is 11.4. The first kappa shape index (κ1) is 12.9. The maximum Gasteiger partial charge on any atom is 0.337 e. The van der Waals surface area contributed by atoms with Crippen LogP contribution in [0.5, 0.6) is 0 Å². The SMILES string of the molecule is C[C@H]1C[C@H]2OC(=O)C(CO)=C2C2=C1C[C@](C)(CO)C2. The number of fused-ring (bicyclic) bond motifs is 2. The fourth-order valence-electron chi connectivity index (χ4n) is 3.74. The molecular formula is C15H20O4. The summed E-state index contributed by atoms with van der Waals surface area (Å²) >= 11 is 0. The molecule has 0 aromatic heterocycles. The molecule has 0 aromatic rings. The molecular weight excluding hydrogens is 244 g/mol. The molecule has 0 radical (unpaired) electrons. The van der Waals surface area contributed by atoms with Crippen LogP contribution in [-0.2, 0) is 9.53 Å². The average molecular weight is 264 g/mol. The van der Waals surface area contributed by atoms with Gasteiger partial charge in [0.05, 0.1) is 12.2 Å². The predicted octanol–water partition coefficient (Wildman–Crippen LogP) is 1.33. The Bertz CT molecular complexity index is 502. The third-order valence-electron chi connectivity index (χ3n) is 4.78. The molecule has 0 aromatic carbocycles. The van der Waals surface area contributed by atoms with Gasteiger partial charge in [0.25, 0.3) is 0 Å². The van der Waals surface area contributed by atoms with Crippen molar-refractivity contribution in [1.82, 2.24) is 0 Å². The third kappa shape index (κ3) is 1.77. The lowest BCUT2D eigenvalue weighted by Gasteiger charge is -2.27. The van der Waals surface area contributed by atoms with Crippen LogP contribution in [-0.4, -0.2) is 35.5 Å². The summed E-state index contributed by atoms with van der Waals surface area (Å²) in [6.45, 7) is 4.11. The van der Waals surface area contributed by atoms with Gasteiger partial charge in [-0.1, -0.05) is 19.4 Å². The summed E-state index contributed by atoms with van der Waals surface area (Å²) in [5, 5.41) is 19.0. The van der Waals surface area contributed by atoms with Crippen LogP contribution < -0.4 is 0 Å². The number of hydrogen-bond donors (Lipinski definition) is 2. The summed E-state index contributed by atoms with van der Waals surface area (Å²) in [6, 6.07) is 0. The van der Waals surface area contributed by atoms with Gasteiger partial charge in [0, 0.05) is 12.2 Å². The van der Waals surface area contributed by atoms with E-state index in [-0.39, 0.29) is 30.7 Å². The van der Waals surface area contributed by atoms with Crippen LogP contribution in [0.1, 0.15) is 33.1 Å². The maximum atomic E-state index is 11.8. The number of allylic oxidation sites excluding steroid dienone is 1. The van der Waals surface area contributed by atoms with Crippen molar-refractivity contribution < 1.29 is 19.7 Å². The Kier molecular flexibility index (Phi) is 2.84. The minimum Gasteiger partial charge on any atom is -0.454 e. The number of aliphatic hydroxyl groups is 2. The molecule has 1 heterocycles. The molecule has 3 atom stereocenters. The van der Waals surface area contributed by atoms with E-state index in [2.05, 4.69) is 13.8 Å². The van der Waals surface area contributed by atoms with Crippen molar-refractivity contribution in [3.05, 3.63) is 22.3 Å². The number of aliphatic hydroxyl groups excluding tert-OH is 2. The number of hydrogen-bond acceptors (Lipinski definition) is 4. The molecule has 1 aliphatic heterocycles. The van der Waals surface area contributed by atoms with Crippen LogP contribution in [0.15, 0.2) is 22.3 Å². The van der Waals surface area contributed by atoms with Crippen LogP contribution in [0.3, 0.4) is 0 Å². The molecule has 3 rings (SSSR count). The van der Waals surface area contributed by atoms with E-state index in [1.165, 1.54) is 5.57 Å².